The van der Waals surface area contributed by atoms with Gasteiger partial charge in [-0.15, -0.1) is 11.3 Å². The highest BCUT2D eigenvalue weighted by Gasteiger charge is 2.42. The first kappa shape index (κ1) is 25.3. The van der Waals surface area contributed by atoms with E-state index in [1.54, 1.807) is 22.4 Å². The molecule has 4 heterocycles. The Bertz CT molecular complexity index is 1530. The second-order valence-electron chi connectivity index (χ2n) is 8.86. The quantitative estimate of drug-likeness (QED) is 0.315. The normalized spacial score (nSPS) is 16.7. The number of amides is 1. The minimum Gasteiger partial charge on any atom is -0.285 e. The molecule has 1 aromatic carbocycles. The lowest BCUT2D eigenvalue weighted by atomic mass is 10.2. The fraction of sp³-hybridized carbons (Fsp3) is 0.375. The number of carbonyl (C=O) groups excluding carboxylic acids is 1. The van der Waals surface area contributed by atoms with Crippen LogP contribution in [-0.2, 0) is 21.4 Å². The van der Waals surface area contributed by atoms with Gasteiger partial charge in [-0.05, 0) is 68.8 Å². The van der Waals surface area contributed by atoms with E-state index in [4.69, 9.17) is 16.6 Å². The second kappa shape index (κ2) is 9.86. The zero-order chi connectivity index (χ0) is 25.6. The summed E-state index contributed by atoms with van der Waals surface area (Å²) in [4.78, 5) is 20.5. The number of aromatic nitrogens is 3. The van der Waals surface area contributed by atoms with Crippen molar-refractivity contribution in [2.75, 3.05) is 18.0 Å². The van der Waals surface area contributed by atoms with Crippen LogP contribution in [-0.4, -0.2) is 52.5 Å². The minimum atomic E-state index is -3.76. The van der Waals surface area contributed by atoms with Crippen LogP contribution in [0.5, 0.6) is 0 Å². The van der Waals surface area contributed by atoms with Crippen molar-refractivity contribution in [3.8, 4) is 0 Å². The van der Waals surface area contributed by atoms with Gasteiger partial charge in [0, 0.05) is 23.8 Å². The predicted octanol–water partition coefficient (Wildman–Crippen LogP) is 5.02. The predicted molar refractivity (Wildman–Crippen MR) is 145 cm³/mol. The maximum atomic E-state index is 14.0. The fourth-order valence-electron chi connectivity index (χ4n) is 4.58. The van der Waals surface area contributed by atoms with Gasteiger partial charge in [0.05, 0.1) is 22.5 Å². The van der Waals surface area contributed by atoms with E-state index in [1.807, 2.05) is 43.7 Å². The number of hydrogen-bond acceptors (Lipinski definition) is 7. The molecule has 0 N–H and O–H groups in total. The molecular formula is C24H26ClN5O3S3. The molecule has 36 heavy (non-hydrogen) atoms. The average molecular weight is 564 g/mol. The van der Waals surface area contributed by atoms with E-state index in [-0.39, 0.29) is 10.1 Å². The molecule has 1 aliphatic rings. The van der Waals surface area contributed by atoms with E-state index in [2.05, 4.69) is 5.10 Å². The molecule has 1 fully saturated rings. The van der Waals surface area contributed by atoms with E-state index >= 15 is 0 Å². The van der Waals surface area contributed by atoms with Crippen LogP contribution in [0.25, 0.3) is 10.2 Å². The number of thiophene rings is 1. The molecule has 0 radical (unpaired) electrons. The van der Waals surface area contributed by atoms with Crippen molar-refractivity contribution in [2.45, 2.75) is 50.4 Å². The maximum Gasteiger partial charge on any atom is 0.253 e. The summed E-state index contributed by atoms with van der Waals surface area (Å²) in [5.74, 6) is -0.267. The van der Waals surface area contributed by atoms with Crippen LogP contribution in [0, 0.1) is 20.8 Å². The summed E-state index contributed by atoms with van der Waals surface area (Å²) in [6.07, 6.45) is 1.09. The molecule has 0 saturated carbocycles. The van der Waals surface area contributed by atoms with Gasteiger partial charge in [0.25, 0.3) is 10.0 Å². The van der Waals surface area contributed by atoms with Crippen molar-refractivity contribution in [2.24, 2.45) is 0 Å². The van der Waals surface area contributed by atoms with Crippen molar-refractivity contribution in [1.29, 1.82) is 0 Å². The number of anilines is 1. The molecule has 12 heteroatoms. The number of carbonyl (C=O) groups is 1. The Labute approximate surface area is 223 Å². The van der Waals surface area contributed by atoms with Crippen molar-refractivity contribution < 1.29 is 13.2 Å². The van der Waals surface area contributed by atoms with Crippen LogP contribution in [0.4, 0.5) is 5.13 Å². The smallest absolute Gasteiger partial charge is 0.253 e. The summed E-state index contributed by atoms with van der Waals surface area (Å²) >= 11 is 8.89. The number of rotatable bonds is 7. The highest BCUT2D eigenvalue weighted by atomic mass is 35.5. The number of thiazole rings is 1. The molecule has 1 saturated heterocycles. The number of sulfonamides is 1. The molecule has 0 aliphatic carbocycles. The van der Waals surface area contributed by atoms with Crippen molar-refractivity contribution in [3.63, 3.8) is 0 Å². The summed E-state index contributed by atoms with van der Waals surface area (Å²) in [6, 6.07) is 8.23. The maximum absolute atomic E-state index is 14.0. The van der Waals surface area contributed by atoms with Gasteiger partial charge in [0.15, 0.2) is 5.13 Å². The first-order valence-corrected chi connectivity index (χ1v) is 15.1. The number of fused-ring (bicyclic) bond motifs is 1. The Balaban J connectivity index is 1.51. The molecule has 1 atom stereocenters. The summed E-state index contributed by atoms with van der Waals surface area (Å²) in [5.41, 5.74) is 3.50. The molecule has 5 rings (SSSR count). The lowest BCUT2D eigenvalue weighted by Gasteiger charge is -2.28. The Morgan fingerprint density at radius 2 is 2.06 bits per heavy atom. The first-order chi connectivity index (χ1) is 17.2. The number of benzene rings is 1. The SMILES string of the molecule is Cc1cc(C)n(CCN(C(=O)C2CCCN2S(=O)(=O)c2cccs2)c2nc3c(C)c(Cl)ccc3s2)n1. The summed E-state index contributed by atoms with van der Waals surface area (Å²) < 4.78 is 31.1. The zero-order valence-electron chi connectivity index (χ0n) is 20.1. The zero-order valence-corrected chi connectivity index (χ0v) is 23.3. The van der Waals surface area contributed by atoms with Gasteiger partial charge < -0.3 is 0 Å². The molecule has 1 amide bonds. The molecule has 1 unspecified atom stereocenters. The van der Waals surface area contributed by atoms with Gasteiger partial charge in [-0.1, -0.05) is 29.0 Å². The van der Waals surface area contributed by atoms with Gasteiger partial charge in [-0.3, -0.25) is 14.4 Å². The van der Waals surface area contributed by atoms with E-state index in [9.17, 15) is 13.2 Å². The van der Waals surface area contributed by atoms with Gasteiger partial charge in [0.1, 0.15) is 10.3 Å². The van der Waals surface area contributed by atoms with E-state index in [0.29, 0.717) is 42.6 Å². The summed E-state index contributed by atoms with van der Waals surface area (Å²) in [6.45, 7) is 6.90. The Morgan fingerprint density at radius 3 is 2.75 bits per heavy atom. The Morgan fingerprint density at radius 1 is 1.25 bits per heavy atom. The third-order valence-corrected chi connectivity index (χ3v) is 11.2. The van der Waals surface area contributed by atoms with E-state index in [1.165, 1.54) is 15.6 Å². The molecule has 1 aliphatic heterocycles. The molecule has 0 spiro atoms. The van der Waals surface area contributed by atoms with E-state index in [0.717, 1.165) is 38.5 Å². The van der Waals surface area contributed by atoms with Gasteiger partial charge in [0.2, 0.25) is 5.91 Å². The van der Waals surface area contributed by atoms with Crippen LogP contribution in [0.2, 0.25) is 5.02 Å². The lowest BCUT2D eigenvalue weighted by Crippen LogP contribution is -2.48. The summed E-state index contributed by atoms with van der Waals surface area (Å²) in [5, 5.41) is 7.40. The number of aryl methyl sites for hydroxylation is 3. The molecular weight excluding hydrogens is 538 g/mol. The van der Waals surface area contributed by atoms with Crippen molar-refractivity contribution >= 4 is 65.6 Å². The first-order valence-electron chi connectivity index (χ1n) is 11.6. The average Bonchev–Trinajstić information content (AvgIpc) is 3.63. The topological polar surface area (TPSA) is 88.4 Å². The second-order valence-corrected chi connectivity index (χ2v) is 13.3. The van der Waals surface area contributed by atoms with Gasteiger partial charge >= 0.3 is 0 Å². The van der Waals surface area contributed by atoms with Crippen LogP contribution < -0.4 is 4.90 Å². The standard InChI is InChI=1S/C24H26ClN5O3S3/c1-15-14-16(2)29(27-15)12-11-28(24-26-22-17(3)18(25)8-9-20(22)35-24)23(31)19-6-4-10-30(19)36(32,33)21-7-5-13-34-21/h5,7-9,13-14,19H,4,6,10-12H2,1-3H3. The van der Waals surface area contributed by atoms with Gasteiger partial charge in [-0.25, -0.2) is 13.4 Å². The van der Waals surface area contributed by atoms with Crippen LogP contribution in [0.3, 0.4) is 0 Å². The number of hydrogen-bond donors (Lipinski definition) is 0. The molecule has 8 nitrogen and oxygen atoms in total. The lowest BCUT2D eigenvalue weighted by molar-refractivity contribution is -0.121. The molecule has 4 aromatic rings. The third-order valence-electron chi connectivity index (χ3n) is 6.42. The van der Waals surface area contributed by atoms with Crippen LogP contribution >= 0.6 is 34.3 Å². The number of nitrogens with zero attached hydrogens (tertiary/aromatic N) is 5. The Hall–Kier alpha value is -2.31. The largest absolute Gasteiger partial charge is 0.285 e. The Kier molecular flexibility index (Phi) is 6.94. The van der Waals surface area contributed by atoms with E-state index < -0.39 is 16.1 Å². The van der Waals surface area contributed by atoms with Gasteiger partial charge in [-0.2, -0.15) is 9.40 Å². The highest BCUT2D eigenvalue weighted by Crippen LogP contribution is 2.36. The minimum absolute atomic E-state index is 0.252. The fourth-order valence-corrected chi connectivity index (χ4v) is 8.56. The molecule has 3 aromatic heterocycles. The van der Waals surface area contributed by atoms with Crippen molar-refractivity contribution in [3.05, 3.63) is 57.7 Å². The monoisotopic (exact) mass is 563 g/mol. The number of halogens is 1. The third kappa shape index (κ3) is 4.58. The summed E-state index contributed by atoms with van der Waals surface area (Å²) in [7, 11) is -3.76. The highest BCUT2D eigenvalue weighted by molar-refractivity contribution is 7.91. The van der Waals surface area contributed by atoms with Crippen molar-refractivity contribution in [1.82, 2.24) is 19.1 Å². The molecule has 190 valence electrons. The van der Waals surface area contributed by atoms with Crippen LogP contribution in [0.1, 0.15) is 29.8 Å². The van der Waals surface area contributed by atoms with Crippen LogP contribution in [0.15, 0.2) is 39.9 Å². The molecule has 0 bridgehead atoms.